The molecule has 1 atom stereocenters. The van der Waals surface area contributed by atoms with E-state index in [4.69, 9.17) is 11.6 Å². The van der Waals surface area contributed by atoms with E-state index in [0.29, 0.717) is 5.02 Å². The molecule has 0 spiro atoms. The largest absolute Gasteiger partial charge is 0.384 e. The molecule has 0 saturated heterocycles. The number of aliphatic hydroxyl groups is 1. The fourth-order valence-electron chi connectivity index (χ4n) is 1.84. The SMILES string of the molecule is Cc1ccncc1C(O)c1cc(Cl)ccc1C. The van der Waals surface area contributed by atoms with Crippen molar-refractivity contribution < 1.29 is 5.11 Å². The lowest BCUT2D eigenvalue weighted by atomic mass is 9.96. The van der Waals surface area contributed by atoms with E-state index in [1.807, 2.05) is 32.0 Å². The minimum atomic E-state index is -0.678. The van der Waals surface area contributed by atoms with Crippen LogP contribution < -0.4 is 0 Å². The van der Waals surface area contributed by atoms with Gasteiger partial charge in [0.2, 0.25) is 0 Å². The Morgan fingerprint density at radius 1 is 1.12 bits per heavy atom. The third-order valence-electron chi connectivity index (χ3n) is 2.91. The van der Waals surface area contributed by atoms with Crippen LogP contribution in [0.1, 0.15) is 28.4 Å². The number of pyridine rings is 1. The molecule has 0 bridgehead atoms. The number of benzene rings is 1. The lowest BCUT2D eigenvalue weighted by molar-refractivity contribution is 0.218. The van der Waals surface area contributed by atoms with Crippen molar-refractivity contribution in [1.29, 1.82) is 0 Å². The maximum Gasteiger partial charge on any atom is 0.106 e. The average Bonchev–Trinajstić information content (AvgIpc) is 2.32. The summed E-state index contributed by atoms with van der Waals surface area (Å²) in [5, 5.41) is 11.0. The van der Waals surface area contributed by atoms with Gasteiger partial charge in [0, 0.05) is 23.0 Å². The highest BCUT2D eigenvalue weighted by Gasteiger charge is 2.15. The van der Waals surface area contributed by atoms with Crippen molar-refractivity contribution in [2.75, 3.05) is 0 Å². The summed E-state index contributed by atoms with van der Waals surface area (Å²) in [5.74, 6) is 0. The Morgan fingerprint density at radius 2 is 1.82 bits per heavy atom. The number of nitrogens with zero attached hydrogens (tertiary/aromatic N) is 1. The highest BCUT2D eigenvalue weighted by molar-refractivity contribution is 6.30. The molecule has 0 fully saturated rings. The maximum atomic E-state index is 10.4. The van der Waals surface area contributed by atoms with E-state index in [-0.39, 0.29) is 0 Å². The first kappa shape index (κ1) is 12.1. The Kier molecular flexibility index (Phi) is 3.46. The Labute approximate surface area is 106 Å². The van der Waals surface area contributed by atoms with Gasteiger partial charge in [0.05, 0.1) is 0 Å². The van der Waals surface area contributed by atoms with E-state index in [9.17, 15) is 5.11 Å². The predicted molar refractivity (Wildman–Crippen MR) is 69.2 cm³/mol. The zero-order chi connectivity index (χ0) is 12.4. The molecule has 17 heavy (non-hydrogen) atoms. The zero-order valence-corrected chi connectivity index (χ0v) is 10.6. The maximum absolute atomic E-state index is 10.4. The predicted octanol–water partition coefficient (Wildman–Crippen LogP) is 3.43. The minimum Gasteiger partial charge on any atom is -0.384 e. The molecule has 0 amide bonds. The summed E-state index contributed by atoms with van der Waals surface area (Å²) in [7, 11) is 0. The van der Waals surface area contributed by atoms with Crippen LogP contribution in [-0.4, -0.2) is 10.1 Å². The highest BCUT2D eigenvalue weighted by atomic mass is 35.5. The number of hydrogen-bond acceptors (Lipinski definition) is 2. The number of aryl methyl sites for hydroxylation is 2. The van der Waals surface area contributed by atoms with Crippen LogP contribution in [0.15, 0.2) is 36.7 Å². The van der Waals surface area contributed by atoms with E-state index >= 15 is 0 Å². The van der Waals surface area contributed by atoms with Crippen LogP contribution in [0.4, 0.5) is 0 Å². The third-order valence-corrected chi connectivity index (χ3v) is 3.15. The van der Waals surface area contributed by atoms with Gasteiger partial charge < -0.3 is 5.11 Å². The summed E-state index contributed by atoms with van der Waals surface area (Å²) in [6, 6.07) is 7.42. The topological polar surface area (TPSA) is 33.1 Å². The van der Waals surface area contributed by atoms with E-state index < -0.39 is 6.10 Å². The molecule has 0 aliphatic carbocycles. The van der Waals surface area contributed by atoms with Crippen molar-refractivity contribution >= 4 is 11.6 Å². The molecule has 1 heterocycles. The van der Waals surface area contributed by atoms with Gasteiger partial charge in [0.15, 0.2) is 0 Å². The Balaban J connectivity index is 2.47. The summed E-state index contributed by atoms with van der Waals surface area (Å²) in [4.78, 5) is 4.05. The molecule has 0 aliphatic heterocycles. The normalized spacial score (nSPS) is 12.5. The van der Waals surface area contributed by atoms with Crippen LogP contribution >= 0.6 is 11.6 Å². The molecule has 2 aromatic rings. The molecule has 0 radical (unpaired) electrons. The number of aromatic nitrogens is 1. The Bertz CT molecular complexity index is 539. The molecule has 3 heteroatoms. The van der Waals surface area contributed by atoms with Crippen LogP contribution in [0.3, 0.4) is 0 Å². The zero-order valence-electron chi connectivity index (χ0n) is 9.81. The van der Waals surface area contributed by atoms with Crippen molar-refractivity contribution in [1.82, 2.24) is 4.98 Å². The molecule has 0 saturated carbocycles. The van der Waals surface area contributed by atoms with Crippen LogP contribution in [0.2, 0.25) is 5.02 Å². The van der Waals surface area contributed by atoms with Crippen LogP contribution in [0.5, 0.6) is 0 Å². The first-order valence-corrected chi connectivity index (χ1v) is 5.82. The van der Waals surface area contributed by atoms with Gasteiger partial charge in [-0.2, -0.15) is 0 Å². The monoisotopic (exact) mass is 247 g/mol. The molecular formula is C14H14ClNO. The summed E-state index contributed by atoms with van der Waals surface area (Å²) in [6.07, 6.45) is 2.74. The van der Waals surface area contributed by atoms with Crippen molar-refractivity contribution in [3.05, 3.63) is 63.9 Å². The summed E-state index contributed by atoms with van der Waals surface area (Å²) in [5.41, 5.74) is 3.68. The van der Waals surface area contributed by atoms with E-state index in [2.05, 4.69) is 4.98 Å². The van der Waals surface area contributed by atoms with Gasteiger partial charge in [-0.25, -0.2) is 0 Å². The van der Waals surface area contributed by atoms with Crippen LogP contribution in [-0.2, 0) is 0 Å². The molecule has 1 unspecified atom stereocenters. The van der Waals surface area contributed by atoms with Crippen molar-refractivity contribution in [2.45, 2.75) is 20.0 Å². The Morgan fingerprint density at radius 3 is 2.53 bits per heavy atom. The van der Waals surface area contributed by atoms with Gasteiger partial charge in [-0.3, -0.25) is 4.98 Å². The fourth-order valence-corrected chi connectivity index (χ4v) is 2.02. The quantitative estimate of drug-likeness (QED) is 0.882. The number of halogens is 1. The van der Waals surface area contributed by atoms with Gasteiger partial charge in [-0.15, -0.1) is 0 Å². The van der Waals surface area contributed by atoms with E-state index in [1.54, 1.807) is 18.5 Å². The van der Waals surface area contributed by atoms with Crippen molar-refractivity contribution in [2.24, 2.45) is 0 Å². The molecule has 1 aromatic heterocycles. The molecule has 88 valence electrons. The molecule has 2 rings (SSSR count). The molecule has 1 aromatic carbocycles. The van der Waals surface area contributed by atoms with Gasteiger partial charge in [-0.1, -0.05) is 17.7 Å². The molecular weight excluding hydrogens is 234 g/mol. The van der Waals surface area contributed by atoms with E-state index in [0.717, 1.165) is 22.3 Å². The second-order valence-corrected chi connectivity index (χ2v) is 4.57. The summed E-state index contributed by atoms with van der Waals surface area (Å²) in [6.45, 7) is 3.92. The van der Waals surface area contributed by atoms with Crippen molar-refractivity contribution in [3.63, 3.8) is 0 Å². The lowest BCUT2D eigenvalue weighted by Crippen LogP contribution is -2.04. The number of aliphatic hydroxyl groups excluding tert-OH is 1. The molecule has 2 nitrogen and oxygen atoms in total. The van der Waals surface area contributed by atoms with Crippen LogP contribution in [0.25, 0.3) is 0 Å². The van der Waals surface area contributed by atoms with Gasteiger partial charge in [0.1, 0.15) is 6.10 Å². The third kappa shape index (κ3) is 2.48. The Hall–Kier alpha value is -1.38. The summed E-state index contributed by atoms with van der Waals surface area (Å²) >= 11 is 5.96. The molecule has 0 aliphatic rings. The minimum absolute atomic E-state index is 0.631. The van der Waals surface area contributed by atoms with Crippen molar-refractivity contribution in [3.8, 4) is 0 Å². The standard InChI is InChI=1S/C14H14ClNO/c1-9-3-4-11(15)7-12(9)14(17)13-8-16-6-5-10(13)2/h3-8,14,17H,1-2H3. The van der Waals surface area contributed by atoms with Crippen LogP contribution in [0, 0.1) is 13.8 Å². The van der Waals surface area contributed by atoms with Gasteiger partial charge in [-0.05, 0) is 48.7 Å². The fraction of sp³-hybridized carbons (Fsp3) is 0.214. The average molecular weight is 248 g/mol. The number of rotatable bonds is 2. The van der Waals surface area contributed by atoms with E-state index in [1.165, 1.54) is 0 Å². The highest BCUT2D eigenvalue weighted by Crippen LogP contribution is 2.28. The van der Waals surface area contributed by atoms with Gasteiger partial charge in [0.25, 0.3) is 0 Å². The second-order valence-electron chi connectivity index (χ2n) is 4.14. The lowest BCUT2D eigenvalue weighted by Gasteiger charge is -2.16. The summed E-state index contributed by atoms with van der Waals surface area (Å²) < 4.78 is 0. The second kappa shape index (κ2) is 4.86. The first-order chi connectivity index (χ1) is 8.09. The van der Waals surface area contributed by atoms with Gasteiger partial charge >= 0.3 is 0 Å². The molecule has 1 N–H and O–H groups in total. The first-order valence-electron chi connectivity index (χ1n) is 5.44. The number of hydrogen-bond donors (Lipinski definition) is 1. The smallest absolute Gasteiger partial charge is 0.106 e.